The Morgan fingerprint density at radius 2 is 1.94 bits per heavy atom. The van der Waals surface area contributed by atoms with Crippen LogP contribution in [-0.2, 0) is 9.53 Å². The van der Waals surface area contributed by atoms with Crippen LogP contribution in [0, 0.1) is 6.92 Å². The van der Waals surface area contributed by atoms with Crippen LogP contribution in [-0.4, -0.2) is 26.0 Å². The van der Waals surface area contributed by atoms with Crippen molar-refractivity contribution in [1.29, 1.82) is 0 Å². The van der Waals surface area contributed by atoms with Gasteiger partial charge in [0.25, 0.3) is 0 Å². The van der Waals surface area contributed by atoms with Crippen molar-refractivity contribution in [2.24, 2.45) is 0 Å². The lowest BCUT2D eigenvalue weighted by atomic mass is 10.0. The van der Waals surface area contributed by atoms with Crippen molar-refractivity contribution in [2.75, 3.05) is 14.2 Å². The van der Waals surface area contributed by atoms with Crippen LogP contribution in [0.5, 0.6) is 5.75 Å². The van der Waals surface area contributed by atoms with E-state index in [0.29, 0.717) is 15.8 Å². The number of ether oxygens (including phenoxy) is 2. The number of aryl methyl sites for hydroxylation is 1. The summed E-state index contributed by atoms with van der Waals surface area (Å²) in [7, 11) is 2.73. The Labute approximate surface area is 108 Å². The summed E-state index contributed by atoms with van der Waals surface area (Å²) in [6, 6.07) is 3.53. The number of ketones is 1. The van der Waals surface area contributed by atoms with Gasteiger partial charge in [-0.15, -0.1) is 0 Å². The van der Waals surface area contributed by atoms with Gasteiger partial charge in [0.2, 0.25) is 0 Å². The third kappa shape index (κ3) is 3.30. The van der Waals surface area contributed by atoms with Crippen LogP contribution < -0.4 is 4.74 Å². The summed E-state index contributed by atoms with van der Waals surface area (Å²) < 4.78 is 10.3. The third-order valence-electron chi connectivity index (χ3n) is 2.23. The molecule has 1 rings (SSSR count). The van der Waals surface area contributed by atoms with Gasteiger partial charge in [0, 0.05) is 0 Å². The molecule has 17 heavy (non-hydrogen) atoms. The van der Waals surface area contributed by atoms with E-state index in [-0.39, 0.29) is 12.2 Å². The number of halogens is 1. The van der Waals surface area contributed by atoms with Gasteiger partial charge in [0.05, 0.1) is 24.3 Å². The number of esters is 1. The minimum atomic E-state index is -0.560. The molecule has 0 spiro atoms. The summed E-state index contributed by atoms with van der Waals surface area (Å²) in [4.78, 5) is 23.0. The molecule has 0 aliphatic carbocycles. The van der Waals surface area contributed by atoms with E-state index >= 15 is 0 Å². The molecule has 0 bridgehead atoms. The summed E-state index contributed by atoms with van der Waals surface area (Å²) in [5, 5.41) is 0. The van der Waals surface area contributed by atoms with Crippen molar-refractivity contribution in [2.45, 2.75) is 13.3 Å². The highest BCUT2D eigenvalue weighted by Gasteiger charge is 2.18. The number of carbonyl (C=O) groups excluding carboxylic acids is 2. The molecule has 0 unspecified atom stereocenters. The van der Waals surface area contributed by atoms with Crippen molar-refractivity contribution in [3.63, 3.8) is 0 Å². The second-order valence-electron chi connectivity index (χ2n) is 3.50. The molecule has 4 nitrogen and oxygen atoms in total. The Bertz CT molecular complexity index is 454. The Morgan fingerprint density at radius 1 is 1.29 bits per heavy atom. The summed E-state index contributed by atoms with van der Waals surface area (Å²) in [6.07, 6.45) is -0.289. The average molecular weight is 301 g/mol. The Morgan fingerprint density at radius 3 is 2.47 bits per heavy atom. The van der Waals surface area contributed by atoms with E-state index < -0.39 is 5.97 Å². The van der Waals surface area contributed by atoms with Crippen molar-refractivity contribution in [3.8, 4) is 5.75 Å². The molecule has 1 aromatic rings. The molecule has 0 amide bonds. The van der Waals surface area contributed by atoms with Gasteiger partial charge in [0.15, 0.2) is 5.78 Å². The number of Topliss-reactive ketones (excluding diaryl/α,β-unsaturated/α-hetero) is 1. The summed E-state index contributed by atoms with van der Waals surface area (Å²) in [5.74, 6) is -0.447. The van der Waals surface area contributed by atoms with E-state index in [2.05, 4.69) is 20.7 Å². The van der Waals surface area contributed by atoms with E-state index in [1.54, 1.807) is 6.07 Å². The monoisotopic (exact) mass is 300 g/mol. The summed E-state index contributed by atoms with van der Waals surface area (Å²) in [5.41, 5.74) is 1.29. The second-order valence-corrected chi connectivity index (χ2v) is 4.36. The Hall–Kier alpha value is -1.36. The first-order chi connectivity index (χ1) is 7.99. The maximum Gasteiger partial charge on any atom is 0.313 e. The van der Waals surface area contributed by atoms with Gasteiger partial charge < -0.3 is 9.47 Å². The quantitative estimate of drug-likeness (QED) is 0.487. The second kappa shape index (κ2) is 5.82. The van der Waals surface area contributed by atoms with E-state index in [9.17, 15) is 9.59 Å². The SMILES string of the molecule is COC(=O)CC(=O)c1cc(C)cc(Br)c1OC. The number of carbonyl (C=O) groups is 2. The van der Waals surface area contributed by atoms with Gasteiger partial charge in [-0.25, -0.2) is 0 Å². The molecule has 0 aromatic heterocycles. The Kier molecular flexibility index (Phi) is 4.69. The van der Waals surface area contributed by atoms with Crippen LogP contribution >= 0.6 is 15.9 Å². The fourth-order valence-corrected chi connectivity index (χ4v) is 2.18. The van der Waals surface area contributed by atoms with E-state index in [1.807, 2.05) is 13.0 Å². The predicted molar refractivity (Wildman–Crippen MR) is 66.4 cm³/mol. The lowest BCUT2D eigenvalue weighted by molar-refractivity contribution is -0.139. The maximum atomic E-state index is 11.9. The van der Waals surface area contributed by atoms with Gasteiger partial charge in [-0.05, 0) is 40.5 Å². The Balaban J connectivity index is 3.12. The van der Waals surface area contributed by atoms with Crippen LogP contribution in [0.15, 0.2) is 16.6 Å². The fourth-order valence-electron chi connectivity index (χ4n) is 1.44. The van der Waals surface area contributed by atoms with Gasteiger partial charge in [-0.3, -0.25) is 9.59 Å². The molecule has 0 aliphatic heterocycles. The minimum Gasteiger partial charge on any atom is -0.495 e. The highest BCUT2D eigenvalue weighted by Crippen LogP contribution is 2.31. The van der Waals surface area contributed by atoms with Gasteiger partial charge in [-0.1, -0.05) is 0 Å². The molecule has 0 aliphatic rings. The first-order valence-corrected chi connectivity index (χ1v) is 5.73. The molecular formula is C12H13BrO4. The number of benzene rings is 1. The minimum absolute atomic E-state index is 0.289. The smallest absolute Gasteiger partial charge is 0.313 e. The van der Waals surface area contributed by atoms with Crippen LogP contribution in [0.3, 0.4) is 0 Å². The molecule has 92 valence electrons. The van der Waals surface area contributed by atoms with E-state index in [1.165, 1.54) is 14.2 Å². The molecule has 0 N–H and O–H groups in total. The number of methoxy groups -OCH3 is 2. The average Bonchev–Trinajstić information content (AvgIpc) is 2.27. The van der Waals surface area contributed by atoms with Gasteiger partial charge in [0.1, 0.15) is 12.2 Å². The van der Waals surface area contributed by atoms with Crippen molar-refractivity contribution >= 4 is 27.7 Å². The number of rotatable bonds is 4. The summed E-state index contributed by atoms with van der Waals surface area (Å²) >= 11 is 3.32. The van der Waals surface area contributed by atoms with E-state index in [4.69, 9.17) is 4.74 Å². The molecule has 5 heteroatoms. The lowest BCUT2D eigenvalue weighted by Gasteiger charge is -2.10. The fraction of sp³-hybridized carbons (Fsp3) is 0.333. The first kappa shape index (κ1) is 13.7. The first-order valence-electron chi connectivity index (χ1n) is 4.93. The van der Waals surface area contributed by atoms with Crippen molar-refractivity contribution in [1.82, 2.24) is 0 Å². The van der Waals surface area contributed by atoms with Crippen LogP contribution in [0.1, 0.15) is 22.3 Å². The molecule has 1 aromatic carbocycles. The number of hydrogen-bond donors (Lipinski definition) is 0. The predicted octanol–water partition coefficient (Wildman–Crippen LogP) is 2.51. The van der Waals surface area contributed by atoms with Crippen LogP contribution in [0.25, 0.3) is 0 Å². The molecule has 0 saturated carbocycles. The van der Waals surface area contributed by atoms with Crippen molar-refractivity contribution in [3.05, 3.63) is 27.7 Å². The molecule has 0 saturated heterocycles. The maximum absolute atomic E-state index is 11.9. The molecule has 0 heterocycles. The zero-order valence-corrected chi connectivity index (χ0v) is 11.5. The van der Waals surface area contributed by atoms with E-state index in [0.717, 1.165) is 5.56 Å². The lowest BCUT2D eigenvalue weighted by Crippen LogP contribution is -2.11. The van der Waals surface area contributed by atoms with Crippen LogP contribution in [0.2, 0.25) is 0 Å². The molecule has 0 atom stereocenters. The number of hydrogen-bond acceptors (Lipinski definition) is 4. The molecular weight excluding hydrogens is 288 g/mol. The highest BCUT2D eigenvalue weighted by atomic mass is 79.9. The van der Waals surface area contributed by atoms with Gasteiger partial charge in [-0.2, -0.15) is 0 Å². The largest absolute Gasteiger partial charge is 0.495 e. The standard InChI is InChI=1S/C12H13BrO4/c1-7-4-8(10(14)6-11(15)16-2)12(17-3)9(13)5-7/h4-5H,6H2,1-3H3. The zero-order valence-electron chi connectivity index (χ0n) is 9.87. The topological polar surface area (TPSA) is 52.6 Å². The molecule has 0 fully saturated rings. The molecule has 0 radical (unpaired) electrons. The van der Waals surface area contributed by atoms with Gasteiger partial charge >= 0.3 is 5.97 Å². The normalized spacial score (nSPS) is 9.88. The highest BCUT2D eigenvalue weighted by molar-refractivity contribution is 9.10. The zero-order chi connectivity index (χ0) is 13.0. The van der Waals surface area contributed by atoms with Crippen molar-refractivity contribution < 1.29 is 19.1 Å². The third-order valence-corrected chi connectivity index (χ3v) is 2.81. The summed E-state index contributed by atoms with van der Waals surface area (Å²) in [6.45, 7) is 1.86. The van der Waals surface area contributed by atoms with Crippen LogP contribution in [0.4, 0.5) is 0 Å².